The van der Waals surface area contributed by atoms with Crippen LogP contribution in [0, 0.1) is 34.6 Å². The second-order valence-electron chi connectivity index (χ2n) is 6.82. The van der Waals surface area contributed by atoms with Crippen LogP contribution in [0.15, 0.2) is 29.2 Å². The largest absolute Gasteiger partial charge is 0.279 e. The second-order valence-corrected chi connectivity index (χ2v) is 8.44. The average Bonchev–Trinajstić information content (AvgIpc) is 2.57. The monoisotopic (exact) mass is 359 g/mol. The molecule has 2 aromatic carbocycles. The number of unbranched alkanes of at least 4 members (excludes halogenated alkanes) is 1. The first-order chi connectivity index (χ1) is 11.7. The van der Waals surface area contributed by atoms with Crippen molar-refractivity contribution < 1.29 is 8.42 Å². The Hall–Kier alpha value is -1.81. The smallest absolute Gasteiger partial charge is 0.262 e. The second kappa shape index (κ2) is 7.61. The molecule has 2 rings (SSSR count). The summed E-state index contributed by atoms with van der Waals surface area (Å²) in [5.74, 6) is 0. The molecule has 4 heteroatoms. The summed E-state index contributed by atoms with van der Waals surface area (Å²) in [6, 6.07) is 7.68. The van der Waals surface area contributed by atoms with Gasteiger partial charge >= 0.3 is 0 Å². The number of aryl methyl sites for hydroxylation is 1. The maximum atomic E-state index is 13.2. The number of anilines is 1. The third-order valence-corrected chi connectivity index (χ3v) is 6.90. The maximum Gasteiger partial charge on any atom is 0.262 e. The van der Waals surface area contributed by atoms with E-state index in [2.05, 4.69) is 18.6 Å². The first kappa shape index (κ1) is 19.5. The van der Waals surface area contributed by atoms with E-state index < -0.39 is 10.0 Å². The fourth-order valence-electron chi connectivity index (χ4n) is 3.27. The Labute approximate surface area is 152 Å². The highest BCUT2D eigenvalue weighted by atomic mass is 32.2. The average molecular weight is 360 g/mol. The zero-order chi connectivity index (χ0) is 18.8. The van der Waals surface area contributed by atoms with Crippen LogP contribution in [0.3, 0.4) is 0 Å². The molecule has 2 aromatic rings. The lowest BCUT2D eigenvalue weighted by Gasteiger charge is -2.20. The first-order valence-electron chi connectivity index (χ1n) is 8.88. The first-order valence-corrected chi connectivity index (χ1v) is 10.4. The molecule has 136 valence electrons. The molecule has 0 atom stereocenters. The van der Waals surface area contributed by atoms with Gasteiger partial charge in [-0.05, 0) is 86.9 Å². The fourth-order valence-corrected chi connectivity index (χ4v) is 4.97. The van der Waals surface area contributed by atoms with E-state index in [0.29, 0.717) is 10.6 Å². The molecule has 0 saturated heterocycles. The van der Waals surface area contributed by atoms with Crippen molar-refractivity contribution in [2.45, 2.75) is 65.7 Å². The van der Waals surface area contributed by atoms with Gasteiger partial charge in [-0.3, -0.25) is 4.72 Å². The normalized spacial score (nSPS) is 11.6. The predicted octanol–water partition coefficient (Wildman–Crippen LogP) is 5.37. The fraction of sp³-hybridized carbons (Fsp3) is 0.429. The van der Waals surface area contributed by atoms with Crippen LogP contribution in [0.4, 0.5) is 5.69 Å². The molecule has 0 unspecified atom stereocenters. The zero-order valence-electron chi connectivity index (χ0n) is 16.2. The van der Waals surface area contributed by atoms with Crippen molar-refractivity contribution >= 4 is 15.7 Å². The third-order valence-electron chi connectivity index (χ3n) is 5.26. The Balaban J connectivity index is 2.52. The van der Waals surface area contributed by atoms with E-state index in [-0.39, 0.29) is 0 Å². The molecular weight excluding hydrogens is 330 g/mol. The van der Waals surface area contributed by atoms with Gasteiger partial charge in [-0.15, -0.1) is 0 Å². The highest BCUT2D eigenvalue weighted by molar-refractivity contribution is 7.92. The zero-order valence-corrected chi connectivity index (χ0v) is 17.0. The number of sulfonamides is 1. The van der Waals surface area contributed by atoms with Crippen molar-refractivity contribution in [2.24, 2.45) is 0 Å². The minimum Gasteiger partial charge on any atom is -0.279 e. The van der Waals surface area contributed by atoms with Crippen LogP contribution < -0.4 is 4.72 Å². The van der Waals surface area contributed by atoms with Crippen LogP contribution in [0.25, 0.3) is 0 Å². The van der Waals surface area contributed by atoms with E-state index in [1.54, 1.807) is 0 Å². The van der Waals surface area contributed by atoms with Gasteiger partial charge in [-0.2, -0.15) is 0 Å². The lowest BCUT2D eigenvalue weighted by Crippen LogP contribution is -2.18. The van der Waals surface area contributed by atoms with E-state index >= 15 is 0 Å². The van der Waals surface area contributed by atoms with Crippen LogP contribution in [0.2, 0.25) is 0 Å². The molecule has 0 fully saturated rings. The molecule has 0 bridgehead atoms. The Morgan fingerprint density at radius 3 is 1.92 bits per heavy atom. The van der Waals surface area contributed by atoms with Crippen LogP contribution in [-0.4, -0.2) is 8.42 Å². The van der Waals surface area contributed by atoms with Crippen molar-refractivity contribution in [1.29, 1.82) is 0 Å². The van der Waals surface area contributed by atoms with Crippen molar-refractivity contribution in [3.05, 3.63) is 57.6 Å². The van der Waals surface area contributed by atoms with Gasteiger partial charge in [0.05, 0.1) is 10.6 Å². The number of hydrogen-bond acceptors (Lipinski definition) is 2. The molecule has 0 aliphatic carbocycles. The highest BCUT2D eigenvalue weighted by Gasteiger charge is 2.24. The summed E-state index contributed by atoms with van der Waals surface area (Å²) >= 11 is 0. The summed E-state index contributed by atoms with van der Waals surface area (Å²) in [6.45, 7) is 12.0. The quantitative estimate of drug-likeness (QED) is 0.753. The van der Waals surface area contributed by atoms with Crippen molar-refractivity contribution in [2.75, 3.05) is 4.72 Å². The molecule has 0 aromatic heterocycles. The molecule has 0 radical (unpaired) electrons. The molecule has 0 saturated carbocycles. The number of para-hydroxylation sites is 1. The number of nitrogens with one attached hydrogen (secondary N) is 1. The van der Waals surface area contributed by atoms with Gasteiger partial charge in [-0.25, -0.2) is 8.42 Å². The van der Waals surface area contributed by atoms with Gasteiger partial charge in [0.2, 0.25) is 0 Å². The minimum atomic E-state index is -3.63. The summed E-state index contributed by atoms with van der Waals surface area (Å²) < 4.78 is 29.2. The summed E-state index contributed by atoms with van der Waals surface area (Å²) in [5, 5.41) is 0. The minimum absolute atomic E-state index is 0.415. The van der Waals surface area contributed by atoms with Crippen LogP contribution >= 0.6 is 0 Å². The molecule has 1 N–H and O–H groups in total. The Bertz CT molecular complexity index is 854. The summed E-state index contributed by atoms with van der Waals surface area (Å²) in [5.41, 5.74) is 6.65. The molecule has 3 nitrogen and oxygen atoms in total. The van der Waals surface area contributed by atoms with Gasteiger partial charge in [0.15, 0.2) is 0 Å². The van der Waals surface area contributed by atoms with E-state index in [0.717, 1.165) is 52.6 Å². The van der Waals surface area contributed by atoms with Crippen LogP contribution in [-0.2, 0) is 16.4 Å². The molecule has 0 heterocycles. The molecule has 0 aliphatic rings. The van der Waals surface area contributed by atoms with Gasteiger partial charge < -0.3 is 0 Å². The molecule has 0 aliphatic heterocycles. The van der Waals surface area contributed by atoms with E-state index in [1.807, 2.05) is 52.0 Å². The summed E-state index contributed by atoms with van der Waals surface area (Å²) in [4.78, 5) is 0.415. The molecule has 25 heavy (non-hydrogen) atoms. The Morgan fingerprint density at radius 2 is 1.36 bits per heavy atom. The van der Waals surface area contributed by atoms with Crippen molar-refractivity contribution in [1.82, 2.24) is 0 Å². The highest BCUT2D eigenvalue weighted by Crippen LogP contribution is 2.31. The number of benzene rings is 2. The third kappa shape index (κ3) is 3.90. The van der Waals surface area contributed by atoms with Crippen LogP contribution in [0.1, 0.15) is 53.1 Å². The summed E-state index contributed by atoms with van der Waals surface area (Å²) in [6.07, 6.45) is 2.99. The molecule has 0 spiro atoms. The molecule has 0 amide bonds. The van der Waals surface area contributed by atoms with Crippen molar-refractivity contribution in [3.8, 4) is 0 Å². The van der Waals surface area contributed by atoms with Crippen molar-refractivity contribution in [3.63, 3.8) is 0 Å². The van der Waals surface area contributed by atoms with E-state index in [4.69, 9.17) is 0 Å². The topological polar surface area (TPSA) is 46.2 Å². The van der Waals surface area contributed by atoms with Gasteiger partial charge in [0.25, 0.3) is 10.0 Å². The van der Waals surface area contributed by atoms with Gasteiger partial charge in [0.1, 0.15) is 0 Å². The lowest BCUT2D eigenvalue weighted by molar-refractivity contribution is 0.599. The molecular formula is C21H29NO2S. The van der Waals surface area contributed by atoms with Gasteiger partial charge in [0, 0.05) is 0 Å². The number of rotatable bonds is 6. The van der Waals surface area contributed by atoms with E-state index in [9.17, 15) is 8.42 Å². The lowest BCUT2D eigenvalue weighted by atomic mass is 9.95. The SMILES string of the molecule is CCCCc1ccccc1NS(=O)(=O)c1c(C)c(C)c(C)c(C)c1C. The predicted molar refractivity (Wildman–Crippen MR) is 106 cm³/mol. The Morgan fingerprint density at radius 1 is 0.840 bits per heavy atom. The number of hydrogen-bond donors (Lipinski definition) is 1. The summed E-state index contributed by atoms with van der Waals surface area (Å²) in [7, 11) is -3.63. The standard InChI is InChI=1S/C21H29NO2S/c1-7-8-11-19-12-9-10-13-20(19)22-25(23,24)21-17(5)15(3)14(2)16(4)18(21)6/h9-10,12-13,22H,7-8,11H2,1-6H3. The maximum absolute atomic E-state index is 13.2. The van der Waals surface area contributed by atoms with E-state index in [1.165, 1.54) is 0 Å². The van der Waals surface area contributed by atoms with Gasteiger partial charge in [-0.1, -0.05) is 31.5 Å². The Kier molecular flexibility index (Phi) is 5.94. The van der Waals surface area contributed by atoms with Crippen LogP contribution in [0.5, 0.6) is 0 Å².